The number of amides is 1. The lowest BCUT2D eigenvalue weighted by molar-refractivity contribution is -0.0548. The van der Waals surface area contributed by atoms with E-state index in [0.29, 0.717) is 0 Å². The van der Waals surface area contributed by atoms with E-state index in [-0.39, 0.29) is 5.88 Å². The lowest BCUT2D eigenvalue weighted by Crippen LogP contribution is -2.41. The monoisotopic (exact) mass is 316 g/mol. The summed E-state index contributed by atoms with van der Waals surface area (Å²) in [6, 6.07) is 4.06. The molecule has 0 radical (unpaired) electrons. The van der Waals surface area contributed by atoms with Gasteiger partial charge in [-0.15, -0.1) is 0 Å². The third-order valence-electron chi connectivity index (χ3n) is 2.44. The van der Waals surface area contributed by atoms with Crippen molar-refractivity contribution < 1.29 is 23.0 Å². The molecule has 0 bridgehead atoms. The Kier molecular flexibility index (Phi) is 6.08. The van der Waals surface area contributed by atoms with Gasteiger partial charge in [-0.2, -0.15) is 0 Å². The highest BCUT2D eigenvalue weighted by Gasteiger charge is 2.33. The highest BCUT2D eigenvalue weighted by molar-refractivity contribution is 5.68. The van der Waals surface area contributed by atoms with Gasteiger partial charge in [-0.3, -0.25) is 0 Å². The molecule has 1 rings (SSSR count). The average molecular weight is 316 g/mol. The van der Waals surface area contributed by atoms with Crippen molar-refractivity contribution in [3.05, 3.63) is 24.4 Å². The summed E-state index contributed by atoms with van der Waals surface area (Å²) >= 11 is 0. The van der Waals surface area contributed by atoms with Gasteiger partial charge in [-0.05, 0) is 33.8 Å². The van der Waals surface area contributed by atoms with Crippen molar-refractivity contribution in [1.82, 2.24) is 10.3 Å². The Morgan fingerprint density at radius 2 is 2.05 bits per heavy atom. The molecular formula is C15H22F2N2O3. The molecule has 1 atom stereocenters. The number of nitrogens with one attached hydrogen (secondary N) is 1. The van der Waals surface area contributed by atoms with Gasteiger partial charge in [0.15, 0.2) is 6.61 Å². The maximum atomic E-state index is 13.8. The molecule has 0 saturated heterocycles. The van der Waals surface area contributed by atoms with Crippen molar-refractivity contribution in [2.75, 3.05) is 6.61 Å². The Morgan fingerprint density at radius 1 is 1.36 bits per heavy atom. The smallest absolute Gasteiger partial charge is 0.407 e. The number of carbonyl (C=O) groups is 1. The van der Waals surface area contributed by atoms with Crippen LogP contribution in [0.1, 0.15) is 34.1 Å². The van der Waals surface area contributed by atoms with Gasteiger partial charge in [0.25, 0.3) is 5.92 Å². The molecule has 1 aromatic rings. The topological polar surface area (TPSA) is 60.5 Å². The molecule has 124 valence electrons. The average Bonchev–Trinajstić information content (AvgIpc) is 2.34. The summed E-state index contributed by atoms with van der Waals surface area (Å²) in [6.07, 6.45) is 0.181. The molecule has 0 unspecified atom stereocenters. The van der Waals surface area contributed by atoms with Gasteiger partial charge in [0.05, 0.1) is 0 Å². The maximum absolute atomic E-state index is 13.8. The molecule has 7 heteroatoms. The number of hydrogen-bond donors (Lipinski definition) is 1. The fraction of sp³-hybridized carbons (Fsp3) is 0.600. The molecule has 0 aliphatic heterocycles. The first-order chi connectivity index (χ1) is 10.1. The van der Waals surface area contributed by atoms with Crippen molar-refractivity contribution in [3.63, 3.8) is 0 Å². The first-order valence-electron chi connectivity index (χ1n) is 6.98. The minimum Gasteiger partial charge on any atom is -0.471 e. The molecular weight excluding hydrogens is 294 g/mol. The lowest BCUT2D eigenvalue weighted by atomic mass is 10.1. The predicted molar refractivity (Wildman–Crippen MR) is 78.1 cm³/mol. The van der Waals surface area contributed by atoms with Gasteiger partial charge in [-0.25, -0.2) is 18.6 Å². The van der Waals surface area contributed by atoms with Gasteiger partial charge in [0, 0.05) is 24.7 Å². The van der Waals surface area contributed by atoms with E-state index in [1.165, 1.54) is 19.2 Å². The third-order valence-corrected chi connectivity index (χ3v) is 2.44. The van der Waals surface area contributed by atoms with Crippen LogP contribution in [0.5, 0.6) is 5.88 Å². The fourth-order valence-corrected chi connectivity index (χ4v) is 1.68. The zero-order chi connectivity index (χ0) is 16.8. The molecule has 1 heterocycles. The summed E-state index contributed by atoms with van der Waals surface area (Å²) in [6.45, 7) is 5.79. The van der Waals surface area contributed by atoms with Gasteiger partial charge in [0.1, 0.15) is 5.60 Å². The molecule has 0 saturated carbocycles. The summed E-state index contributed by atoms with van der Waals surface area (Å²) in [4.78, 5) is 15.3. The number of nitrogens with zero attached hydrogens (tertiary/aromatic N) is 1. The zero-order valence-electron chi connectivity index (χ0n) is 13.2. The normalized spacial score (nSPS) is 13.4. The van der Waals surface area contributed by atoms with Crippen LogP contribution in [0, 0.1) is 0 Å². The second-order valence-corrected chi connectivity index (χ2v) is 6.06. The second kappa shape index (κ2) is 7.38. The first kappa shape index (κ1) is 18.1. The molecule has 1 aromatic heterocycles. The molecule has 5 nitrogen and oxygen atoms in total. The minimum atomic E-state index is -3.09. The molecule has 0 spiro atoms. The fourth-order valence-electron chi connectivity index (χ4n) is 1.68. The van der Waals surface area contributed by atoms with Crippen LogP contribution in [0.3, 0.4) is 0 Å². The van der Waals surface area contributed by atoms with Crippen molar-refractivity contribution >= 4 is 6.09 Å². The van der Waals surface area contributed by atoms with Crippen molar-refractivity contribution in [1.29, 1.82) is 0 Å². The quantitative estimate of drug-likeness (QED) is 0.874. The van der Waals surface area contributed by atoms with Crippen LogP contribution in [0.15, 0.2) is 24.4 Å². The SMILES string of the molecule is C[C@@H](CC(F)(F)COc1ccccn1)NC(=O)OC(C)(C)C. The Bertz CT molecular complexity index is 475. The zero-order valence-corrected chi connectivity index (χ0v) is 13.2. The minimum absolute atomic E-state index is 0.134. The number of halogens is 2. The van der Waals surface area contributed by atoms with Crippen LogP contribution in [0.2, 0.25) is 0 Å². The number of aromatic nitrogens is 1. The van der Waals surface area contributed by atoms with Crippen LogP contribution in [0.4, 0.5) is 13.6 Å². The van der Waals surface area contributed by atoms with Crippen molar-refractivity contribution in [2.24, 2.45) is 0 Å². The first-order valence-corrected chi connectivity index (χ1v) is 6.98. The van der Waals surface area contributed by atoms with E-state index < -0.39 is 36.7 Å². The maximum Gasteiger partial charge on any atom is 0.407 e. The Hall–Kier alpha value is -1.92. The number of rotatable bonds is 6. The Labute approximate surface area is 129 Å². The van der Waals surface area contributed by atoms with E-state index in [2.05, 4.69) is 10.3 Å². The molecule has 0 aromatic carbocycles. The Morgan fingerprint density at radius 3 is 2.59 bits per heavy atom. The highest BCUT2D eigenvalue weighted by atomic mass is 19.3. The van der Waals surface area contributed by atoms with Crippen LogP contribution < -0.4 is 10.1 Å². The van der Waals surface area contributed by atoms with Crippen LogP contribution in [-0.4, -0.2) is 35.2 Å². The van der Waals surface area contributed by atoms with Gasteiger partial charge >= 0.3 is 6.09 Å². The second-order valence-electron chi connectivity index (χ2n) is 6.06. The van der Waals surface area contributed by atoms with E-state index in [9.17, 15) is 13.6 Å². The highest BCUT2D eigenvalue weighted by Crippen LogP contribution is 2.22. The number of alkyl halides is 2. The molecule has 0 aliphatic carbocycles. The van der Waals surface area contributed by atoms with Crippen molar-refractivity contribution in [3.8, 4) is 5.88 Å². The van der Waals surface area contributed by atoms with Crippen LogP contribution in [0.25, 0.3) is 0 Å². The largest absolute Gasteiger partial charge is 0.471 e. The number of ether oxygens (including phenoxy) is 2. The summed E-state index contributed by atoms with van der Waals surface area (Å²) in [5.41, 5.74) is -0.672. The van der Waals surface area contributed by atoms with Crippen molar-refractivity contribution in [2.45, 2.75) is 51.7 Å². The predicted octanol–water partition coefficient (Wildman–Crippen LogP) is 3.40. The van der Waals surface area contributed by atoms with E-state index in [4.69, 9.17) is 9.47 Å². The summed E-state index contributed by atoms with van der Waals surface area (Å²) in [7, 11) is 0. The van der Waals surface area contributed by atoms with E-state index in [1.807, 2.05) is 0 Å². The number of alkyl carbamates (subject to hydrolysis) is 1. The molecule has 1 N–H and O–H groups in total. The molecule has 22 heavy (non-hydrogen) atoms. The van der Waals surface area contributed by atoms with E-state index in [1.54, 1.807) is 32.9 Å². The number of hydrogen-bond acceptors (Lipinski definition) is 4. The standard InChI is InChI=1S/C15H22F2N2O3/c1-11(19-13(20)22-14(2,3)4)9-15(16,17)10-21-12-7-5-6-8-18-12/h5-8,11H,9-10H2,1-4H3,(H,19,20)/t11-/m0/s1. The summed E-state index contributed by atoms with van der Waals surface area (Å²) in [5, 5.41) is 2.38. The number of carbonyl (C=O) groups excluding carboxylic acids is 1. The van der Waals surface area contributed by atoms with E-state index >= 15 is 0 Å². The van der Waals surface area contributed by atoms with Gasteiger partial charge < -0.3 is 14.8 Å². The van der Waals surface area contributed by atoms with Gasteiger partial charge in [-0.1, -0.05) is 6.07 Å². The molecule has 0 fully saturated rings. The van der Waals surface area contributed by atoms with Crippen LogP contribution in [-0.2, 0) is 4.74 Å². The Balaban J connectivity index is 2.41. The molecule has 0 aliphatic rings. The third kappa shape index (κ3) is 7.75. The van der Waals surface area contributed by atoms with Gasteiger partial charge in [0.2, 0.25) is 5.88 Å². The summed E-state index contributed by atoms with van der Waals surface area (Å²) in [5.74, 6) is -2.96. The van der Waals surface area contributed by atoms with Crippen LogP contribution >= 0.6 is 0 Å². The lowest BCUT2D eigenvalue weighted by Gasteiger charge is -2.24. The summed E-state index contributed by atoms with van der Waals surface area (Å²) < 4.78 is 37.6. The van der Waals surface area contributed by atoms with E-state index in [0.717, 1.165) is 0 Å². The number of pyridine rings is 1. The molecule has 1 amide bonds.